The number of fused-ring (bicyclic) bond motifs is 1. The average Bonchev–Trinajstić information content (AvgIpc) is 2.84. The fourth-order valence-corrected chi connectivity index (χ4v) is 2.96. The minimum Gasteiger partial charge on any atom is -0.491 e. The number of aryl methyl sites for hydroxylation is 2. The van der Waals surface area contributed by atoms with Crippen molar-refractivity contribution < 1.29 is 4.74 Å². The second-order valence-corrected chi connectivity index (χ2v) is 6.05. The van der Waals surface area contributed by atoms with Gasteiger partial charge in [-0.3, -0.25) is 0 Å². The summed E-state index contributed by atoms with van der Waals surface area (Å²) in [6.07, 6.45) is 1.84. The molecule has 3 rings (SSSR count). The SMILES string of the molecule is CCOc1cc(Br)c(NC)nc1-c1nc2cc(C)cnc2n1C. The van der Waals surface area contributed by atoms with Crippen molar-refractivity contribution in [2.45, 2.75) is 13.8 Å². The topological polar surface area (TPSA) is 64.9 Å². The molecular formula is C16H18BrN5O. The zero-order valence-corrected chi connectivity index (χ0v) is 15.1. The van der Waals surface area contributed by atoms with E-state index < -0.39 is 0 Å². The van der Waals surface area contributed by atoms with Crippen molar-refractivity contribution in [3.63, 3.8) is 0 Å². The molecule has 0 aliphatic rings. The zero-order chi connectivity index (χ0) is 16.6. The van der Waals surface area contributed by atoms with Crippen LogP contribution in [-0.2, 0) is 7.05 Å². The molecule has 120 valence electrons. The summed E-state index contributed by atoms with van der Waals surface area (Å²) in [5.74, 6) is 2.15. The highest BCUT2D eigenvalue weighted by Gasteiger charge is 2.19. The zero-order valence-electron chi connectivity index (χ0n) is 13.5. The Labute approximate surface area is 143 Å². The van der Waals surface area contributed by atoms with E-state index in [9.17, 15) is 0 Å². The van der Waals surface area contributed by atoms with Gasteiger partial charge in [0.25, 0.3) is 0 Å². The molecule has 0 amide bonds. The number of rotatable bonds is 4. The molecule has 0 saturated heterocycles. The molecule has 23 heavy (non-hydrogen) atoms. The van der Waals surface area contributed by atoms with Crippen molar-refractivity contribution in [2.75, 3.05) is 19.0 Å². The van der Waals surface area contributed by atoms with E-state index in [1.54, 1.807) is 0 Å². The van der Waals surface area contributed by atoms with E-state index in [1.165, 1.54) is 0 Å². The third-order valence-electron chi connectivity index (χ3n) is 3.54. The van der Waals surface area contributed by atoms with Crippen molar-refractivity contribution in [3.8, 4) is 17.3 Å². The average molecular weight is 376 g/mol. The lowest BCUT2D eigenvalue weighted by Crippen LogP contribution is -2.04. The van der Waals surface area contributed by atoms with Crippen LogP contribution < -0.4 is 10.1 Å². The van der Waals surface area contributed by atoms with Crippen molar-refractivity contribution in [1.29, 1.82) is 0 Å². The minimum atomic E-state index is 0.557. The molecule has 3 heterocycles. The first-order valence-corrected chi connectivity index (χ1v) is 8.15. The van der Waals surface area contributed by atoms with E-state index in [4.69, 9.17) is 9.72 Å². The van der Waals surface area contributed by atoms with Crippen LogP contribution in [0.3, 0.4) is 0 Å². The van der Waals surface area contributed by atoms with Crippen molar-refractivity contribution in [1.82, 2.24) is 19.5 Å². The summed E-state index contributed by atoms with van der Waals surface area (Å²) in [7, 11) is 3.77. The Bertz CT molecular complexity index is 875. The predicted octanol–water partition coefficient (Wildman–Crippen LogP) is 3.54. The lowest BCUT2D eigenvalue weighted by molar-refractivity contribution is 0.340. The Morgan fingerprint density at radius 3 is 2.78 bits per heavy atom. The van der Waals surface area contributed by atoms with E-state index in [2.05, 4.69) is 31.2 Å². The largest absolute Gasteiger partial charge is 0.491 e. The number of hydrogen-bond donors (Lipinski definition) is 1. The Morgan fingerprint density at radius 1 is 1.30 bits per heavy atom. The summed E-state index contributed by atoms with van der Waals surface area (Å²) in [6.45, 7) is 4.51. The quantitative estimate of drug-likeness (QED) is 0.755. The number of aromatic nitrogens is 4. The van der Waals surface area contributed by atoms with E-state index in [0.29, 0.717) is 18.1 Å². The number of halogens is 1. The van der Waals surface area contributed by atoms with Crippen LogP contribution in [0.25, 0.3) is 22.7 Å². The maximum Gasteiger partial charge on any atom is 0.164 e. The lowest BCUT2D eigenvalue weighted by Gasteiger charge is -2.12. The third-order valence-corrected chi connectivity index (χ3v) is 4.14. The van der Waals surface area contributed by atoms with Crippen LogP contribution in [0.5, 0.6) is 5.75 Å². The first kappa shape index (κ1) is 15.7. The summed E-state index contributed by atoms with van der Waals surface area (Å²) in [6, 6.07) is 3.93. The molecule has 3 aromatic heterocycles. The Hall–Kier alpha value is -2.15. The molecule has 7 heteroatoms. The van der Waals surface area contributed by atoms with Gasteiger partial charge in [-0.05, 0) is 41.4 Å². The van der Waals surface area contributed by atoms with Crippen LogP contribution in [0, 0.1) is 6.92 Å². The normalized spacial score (nSPS) is 11.0. The van der Waals surface area contributed by atoms with Gasteiger partial charge in [-0.25, -0.2) is 15.0 Å². The van der Waals surface area contributed by atoms with E-state index in [-0.39, 0.29) is 0 Å². The summed E-state index contributed by atoms with van der Waals surface area (Å²) in [5, 5.41) is 3.07. The van der Waals surface area contributed by atoms with Gasteiger partial charge >= 0.3 is 0 Å². The number of anilines is 1. The Morgan fingerprint density at radius 2 is 2.09 bits per heavy atom. The van der Waals surface area contributed by atoms with Crippen molar-refractivity contribution >= 4 is 32.9 Å². The molecule has 0 atom stereocenters. The van der Waals surface area contributed by atoms with Gasteiger partial charge < -0.3 is 14.6 Å². The molecule has 3 aromatic rings. The van der Waals surface area contributed by atoms with Crippen molar-refractivity contribution in [2.24, 2.45) is 7.05 Å². The molecule has 0 bridgehead atoms. The van der Waals surface area contributed by atoms with Gasteiger partial charge in [-0.15, -0.1) is 0 Å². The monoisotopic (exact) mass is 375 g/mol. The van der Waals surface area contributed by atoms with Gasteiger partial charge in [0.2, 0.25) is 0 Å². The van der Waals surface area contributed by atoms with Gasteiger partial charge in [0.1, 0.15) is 17.1 Å². The van der Waals surface area contributed by atoms with Crippen LogP contribution in [0.15, 0.2) is 22.8 Å². The van der Waals surface area contributed by atoms with Gasteiger partial charge in [-0.2, -0.15) is 0 Å². The molecule has 0 aromatic carbocycles. The summed E-state index contributed by atoms with van der Waals surface area (Å²) in [4.78, 5) is 13.8. The highest BCUT2D eigenvalue weighted by molar-refractivity contribution is 9.10. The summed E-state index contributed by atoms with van der Waals surface area (Å²) < 4.78 is 8.54. The maximum absolute atomic E-state index is 5.75. The molecule has 0 aliphatic carbocycles. The maximum atomic E-state index is 5.75. The number of nitrogens with zero attached hydrogens (tertiary/aromatic N) is 4. The molecule has 0 unspecified atom stereocenters. The number of hydrogen-bond acceptors (Lipinski definition) is 5. The van der Waals surface area contributed by atoms with Crippen LogP contribution in [0.1, 0.15) is 12.5 Å². The molecular weight excluding hydrogens is 358 g/mol. The fraction of sp³-hybridized carbons (Fsp3) is 0.312. The van der Waals surface area contributed by atoms with Crippen molar-refractivity contribution in [3.05, 3.63) is 28.4 Å². The molecule has 0 saturated carbocycles. The highest BCUT2D eigenvalue weighted by atomic mass is 79.9. The molecule has 0 radical (unpaired) electrons. The summed E-state index contributed by atoms with van der Waals surface area (Å²) >= 11 is 3.50. The summed E-state index contributed by atoms with van der Waals surface area (Å²) in [5.41, 5.74) is 3.44. The van der Waals surface area contributed by atoms with Gasteiger partial charge in [0.15, 0.2) is 17.2 Å². The minimum absolute atomic E-state index is 0.557. The molecule has 0 spiro atoms. The molecule has 6 nitrogen and oxygen atoms in total. The smallest absolute Gasteiger partial charge is 0.164 e. The standard InChI is InChI=1S/C16H18BrN5O/c1-5-23-12-7-10(17)14(18-3)21-13(12)16-20-11-6-9(2)8-19-15(11)22(16)4/h6-8H,5H2,1-4H3,(H,18,21). The number of imidazole rings is 1. The predicted molar refractivity (Wildman–Crippen MR) is 94.9 cm³/mol. The number of pyridine rings is 2. The molecule has 1 N–H and O–H groups in total. The highest BCUT2D eigenvalue weighted by Crippen LogP contribution is 2.35. The van der Waals surface area contributed by atoms with Gasteiger partial charge in [0, 0.05) is 26.4 Å². The van der Waals surface area contributed by atoms with Crippen LogP contribution in [0.2, 0.25) is 0 Å². The first-order valence-electron chi connectivity index (χ1n) is 7.35. The Kier molecular flexibility index (Phi) is 4.21. The van der Waals surface area contributed by atoms with Crippen LogP contribution in [-0.4, -0.2) is 33.2 Å². The van der Waals surface area contributed by atoms with Gasteiger partial charge in [0.05, 0.1) is 11.1 Å². The van der Waals surface area contributed by atoms with E-state index in [0.717, 1.165) is 32.8 Å². The fourth-order valence-electron chi connectivity index (χ4n) is 2.46. The third kappa shape index (κ3) is 2.76. The van der Waals surface area contributed by atoms with E-state index >= 15 is 0 Å². The number of ether oxygens (including phenoxy) is 1. The van der Waals surface area contributed by atoms with Gasteiger partial charge in [-0.1, -0.05) is 0 Å². The lowest BCUT2D eigenvalue weighted by atomic mass is 10.3. The second-order valence-electron chi connectivity index (χ2n) is 5.20. The number of nitrogens with one attached hydrogen (secondary N) is 1. The van der Waals surface area contributed by atoms with Crippen LogP contribution >= 0.6 is 15.9 Å². The second kappa shape index (κ2) is 6.16. The Balaban J connectivity index is 2.26. The van der Waals surface area contributed by atoms with Crippen LogP contribution in [0.4, 0.5) is 5.82 Å². The first-order chi connectivity index (χ1) is 11.0. The molecule has 0 aliphatic heterocycles. The van der Waals surface area contributed by atoms with E-state index in [1.807, 2.05) is 50.8 Å². The molecule has 0 fully saturated rings.